The number of anilines is 1. The van der Waals surface area contributed by atoms with Gasteiger partial charge in [-0.15, -0.1) is 11.3 Å². The Labute approximate surface area is 153 Å². The van der Waals surface area contributed by atoms with Crippen LogP contribution >= 0.6 is 11.3 Å². The lowest BCUT2D eigenvalue weighted by atomic mass is 10.2. The van der Waals surface area contributed by atoms with Gasteiger partial charge in [-0.25, -0.2) is 0 Å². The maximum Gasteiger partial charge on any atom is 0.142 e. The molecule has 0 radical (unpaired) electrons. The molecule has 1 saturated heterocycles. The predicted octanol–water partition coefficient (Wildman–Crippen LogP) is 2.46. The number of methoxy groups -OCH3 is 1. The van der Waals surface area contributed by atoms with E-state index in [0.717, 1.165) is 37.6 Å². The number of benzene rings is 1. The topological polar surface area (TPSA) is 45.2 Å². The fourth-order valence-electron chi connectivity index (χ4n) is 3.10. The largest absolute Gasteiger partial charge is 0.495 e. The number of nitrogens with zero attached hydrogens (tertiary/aromatic N) is 2. The summed E-state index contributed by atoms with van der Waals surface area (Å²) in [6, 6.07) is 12.2. The quantitative estimate of drug-likeness (QED) is 0.782. The summed E-state index contributed by atoms with van der Waals surface area (Å²) in [4.78, 5) is 5.83. The molecule has 6 heteroatoms. The Bertz CT molecular complexity index is 627. The zero-order valence-electron chi connectivity index (χ0n) is 14.6. The van der Waals surface area contributed by atoms with E-state index in [1.54, 1.807) is 18.4 Å². The highest BCUT2D eigenvalue weighted by Gasteiger charge is 2.21. The molecule has 5 nitrogen and oxygen atoms in total. The summed E-state index contributed by atoms with van der Waals surface area (Å²) in [6.45, 7) is 5.34. The van der Waals surface area contributed by atoms with E-state index < -0.39 is 6.10 Å². The molecular weight excluding hydrogens is 336 g/mol. The van der Waals surface area contributed by atoms with Gasteiger partial charge in [-0.2, -0.15) is 0 Å². The number of aliphatic hydroxyl groups excluding tert-OH is 1. The molecule has 0 spiro atoms. The van der Waals surface area contributed by atoms with Gasteiger partial charge in [0.15, 0.2) is 0 Å². The molecular formula is C19H26N2O3S. The van der Waals surface area contributed by atoms with Crippen LogP contribution < -0.4 is 9.64 Å². The first-order valence-corrected chi connectivity index (χ1v) is 9.52. The molecule has 0 saturated carbocycles. The van der Waals surface area contributed by atoms with Crippen molar-refractivity contribution in [3.8, 4) is 5.75 Å². The zero-order chi connectivity index (χ0) is 17.5. The van der Waals surface area contributed by atoms with E-state index in [1.165, 1.54) is 4.88 Å². The van der Waals surface area contributed by atoms with Crippen molar-refractivity contribution < 1.29 is 14.6 Å². The number of hydrogen-bond acceptors (Lipinski definition) is 6. The summed E-state index contributed by atoms with van der Waals surface area (Å²) in [5, 5.41) is 12.2. The molecule has 0 aliphatic carbocycles. The molecule has 136 valence electrons. The van der Waals surface area contributed by atoms with Crippen molar-refractivity contribution in [2.24, 2.45) is 0 Å². The minimum Gasteiger partial charge on any atom is -0.495 e. The van der Waals surface area contributed by atoms with Crippen LogP contribution in [-0.2, 0) is 11.3 Å². The Balaban J connectivity index is 1.40. The Morgan fingerprint density at radius 3 is 2.64 bits per heavy atom. The van der Waals surface area contributed by atoms with Crippen LogP contribution in [0.5, 0.6) is 5.75 Å². The number of para-hydroxylation sites is 2. The molecule has 0 bridgehead atoms. The maximum absolute atomic E-state index is 10.2. The van der Waals surface area contributed by atoms with Crippen LogP contribution in [0.1, 0.15) is 4.88 Å². The lowest BCUT2D eigenvalue weighted by Crippen LogP contribution is -2.49. The summed E-state index contributed by atoms with van der Waals surface area (Å²) in [5.74, 6) is 0.915. The Morgan fingerprint density at radius 1 is 1.12 bits per heavy atom. The van der Waals surface area contributed by atoms with Gasteiger partial charge >= 0.3 is 0 Å². The summed E-state index contributed by atoms with van der Waals surface area (Å²) in [6.07, 6.45) is -0.447. The van der Waals surface area contributed by atoms with Gasteiger partial charge in [0.05, 0.1) is 32.1 Å². The fourth-order valence-corrected chi connectivity index (χ4v) is 3.74. The van der Waals surface area contributed by atoms with Crippen molar-refractivity contribution in [3.05, 3.63) is 46.7 Å². The number of β-amino-alcohol motifs (C(OH)–C–C–N with tert-alkyl or cyclic N) is 1. The van der Waals surface area contributed by atoms with E-state index in [-0.39, 0.29) is 0 Å². The minimum absolute atomic E-state index is 0.380. The lowest BCUT2D eigenvalue weighted by Gasteiger charge is -2.37. The maximum atomic E-state index is 10.2. The van der Waals surface area contributed by atoms with Crippen LogP contribution in [0.25, 0.3) is 0 Å². The standard InChI is InChI=1S/C19H26N2O3S/c1-23-19-7-3-2-6-18(19)21-10-8-20(9-11-21)13-16(22)14-24-15-17-5-4-12-25-17/h2-7,12,16,22H,8-11,13-15H2,1H3/t16-/m0/s1. The Kier molecular flexibility index (Phi) is 6.69. The van der Waals surface area contributed by atoms with Crippen molar-refractivity contribution in [3.63, 3.8) is 0 Å². The van der Waals surface area contributed by atoms with Crippen molar-refractivity contribution >= 4 is 17.0 Å². The SMILES string of the molecule is COc1ccccc1N1CCN(C[C@H](O)COCc2cccs2)CC1. The van der Waals surface area contributed by atoms with E-state index in [4.69, 9.17) is 9.47 Å². The summed E-state index contributed by atoms with van der Waals surface area (Å²) in [7, 11) is 1.71. The van der Waals surface area contributed by atoms with Gasteiger partial charge in [0, 0.05) is 37.6 Å². The molecule has 0 amide bonds. The first kappa shape index (κ1) is 18.2. The summed E-state index contributed by atoms with van der Waals surface area (Å²) >= 11 is 1.68. The van der Waals surface area contributed by atoms with Gasteiger partial charge in [0.1, 0.15) is 5.75 Å². The van der Waals surface area contributed by atoms with Crippen LogP contribution in [-0.4, -0.2) is 62.6 Å². The molecule has 1 fully saturated rings. The normalized spacial score (nSPS) is 16.8. The van der Waals surface area contributed by atoms with E-state index >= 15 is 0 Å². The van der Waals surface area contributed by atoms with Gasteiger partial charge < -0.3 is 19.5 Å². The van der Waals surface area contributed by atoms with Crippen molar-refractivity contribution in [1.29, 1.82) is 0 Å². The third kappa shape index (κ3) is 5.19. The average Bonchev–Trinajstić information content (AvgIpc) is 3.16. The zero-order valence-corrected chi connectivity index (χ0v) is 15.5. The number of aliphatic hydroxyl groups is 1. The highest BCUT2D eigenvalue weighted by Crippen LogP contribution is 2.28. The monoisotopic (exact) mass is 362 g/mol. The van der Waals surface area contributed by atoms with Crippen LogP contribution in [0, 0.1) is 0 Å². The first-order valence-electron chi connectivity index (χ1n) is 8.65. The molecule has 1 N–H and O–H groups in total. The summed E-state index contributed by atoms with van der Waals surface area (Å²) in [5.41, 5.74) is 1.14. The molecule has 1 aromatic carbocycles. The van der Waals surface area contributed by atoms with Crippen LogP contribution in [0.4, 0.5) is 5.69 Å². The van der Waals surface area contributed by atoms with E-state index in [9.17, 15) is 5.11 Å². The van der Waals surface area contributed by atoms with Crippen LogP contribution in [0.3, 0.4) is 0 Å². The molecule has 1 aromatic heterocycles. The third-order valence-corrected chi connectivity index (χ3v) is 5.25. The average molecular weight is 362 g/mol. The molecule has 25 heavy (non-hydrogen) atoms. The second-order valence-electron chi connectivity index (χ2n) is 6.21. The fraction of sp³-hybridized carbons (Fsp3) is 0.474. The number of thiophene rings is 1. The number of piperazine rings is 1. The molecule has 0 unspecified atom stereocenters. The molecule has 1 aliphatic heterocycles. The molecule has 1 atom stereocenters. The second kappa shape index (κ2) is 9.20. The summed E-state index contributed by atoms with van der Waals surface area (Å²) < 4.78 is 11.1. The second-order valence-corrected chi connectivity index (χ2v) is 7.24. The minimum atomic E-state index is -0.447. The van der Waals surface area contributed by atoms with E-state index in [2.05, 4.69) is 15.9 Å². The number of ether oxygens (including phenoxy) is 2. The molecule has 2 heterocycles. The van der Waals surface area contributed by atoms with E-state index in [1.807, 2.05) is 35.7 Å². The van der Waals surface area contributed by atoms with Gasteiger partial charge in [-0.05, 0) is 23.6 Å². The van der Waals surface area contributed by atoms with Crippen molar-refractivity contribution in [1.82, 2.24) is 4.90 Å². The molecule has 2 aromatic rings. The van der Waals surface area contributed by atoms with Gasteiger partial charge in [-0.3, -0.25) is 4.90 Å². The van der Waals surface area contributed by atoms with Crippen LogP contribution in [0.15, 0.2) is 41.8 Å². The van der Waals surface area contributed by atoms with Crippen molar-refractivity contribution in [2.75, 3.05) is 51.3 Å². The molecule has 1 aliphatic rings. The van der Waals surface area contributed by atoms with Gasteiger partial charge in [0.25, 0.3) is 0 Å². The van der Waals surface area contributed by atoms with Crippen LogP contribution in [0.2, 0.25) is 0 Å². The van der Waals surface area contributed by atoms with Gasteiger partial charge in [0.2, 0.25) is 0 Å². The smallest absolute Gasteiger partial charge is 0.142 e. The number of rotatable bonds is 8. The Morgan fingerprint density at radius 2 is 1.92 bits per heavy atom. The first-order chi connectivity index (χ1) is 12.3. The van der Waals surface area contributed by atoms with E-state index in [0.29, 0.717) is 19.8 Å². The lowest BCUT2D eigenvalue weighted by molar-refractivity contribution is 0.00990. The highest BCUT2D eigenvalue weighted by atomic mass is 32.1. The van der Waals surface area contributed by atoms with Gasteiger partial charge in [-0.1, -0.05) is 18.2 Å². The number of hydrogen-bond donors (Lipinski definition) is 1. The van der Waals surface area contributed by atoms with Crippen molar-refractivity contribution in [2.45, 2.75) is 12.7 Å². The predicted molar refractivity (Wildman–Crippen MR) is 102 cm³/mol. The third-order valence-electron chi connectivity index (χ3n) is 4.40. The molecule has 3 rings (SSSR count). The Hall–Kier alpha value is -1.60. The highest BCUT2D eigenvalue weighted by molar-refractivity contribution is 7.09.